The van der Waals surface area contributed by atoms with Gasteiger partial charge in [-0.2, -0.15) is 0 Å². The molecular weight excluding hydrogens is 262 g/mol. The lowest BCUT2D eigenvalue weighted by Crippen LogP contribution is -2.25. The Bertz CT molecular complexity index is 459. The van der Waals surface area contributed by atoms with E-state index in [1.54, 1.807) is 7.11 Å². The van der Waals surface area contributed by atoms with Crippen molar-refractivity contribution < 1.29 is 4.74 Å². The van der Waals surface area contributed by atoms with Gasteiger partial charge in [-0.3, -0.25) is 0 Å². The maximum Gasteiger partial charge on any atom is 0.129 e. The zero-order valence-corrected chi connectivity index (χ0v) is 14.0. The maximum absolute atomic E-state index is 5.47. The van der Waals surface area contributed by atoms with Gasteiger partial charge in [0, 0.05) is 38.5 Å². The third-order valence-corrected chi connectivity index (χ3v) is 4.00. The number of pyridine rings is 1. The normalized spacial score (nSPS) is 19.0. The van der Waals surface area contributed by atoms with Crippen molar-refractivity contribution in [3.63, 3.8) is 0 Å². The Morgan fingerprint density at radius 3 is 2.67 bits per heavy atom. The number of hydrogen-bond donors (Lipinski definition) is 1. The van der Waals surface area contributed by atoms with Crippen molar-refractivity contribution in [2.24, 2.45) is 0 Å². The first kappa shape index (κ1) is 16.2. The van der Waals surface area contributed by atoms with Gasteiger partial charge >= 0.3 is 0 Å². The Balaban J connectivity index is 2.19. The average molecular weight is 291 g/mol. The van der Waals surface area contributed by atoms with Crippen LogP contribution in [0.15, 0.2) is 12.1 Å². The lowest BCUT2D eigenvalue weighted by Gasteiger charge is -2.20. The van der Waals surface area contributed by atoms with Crippen LogP contribution >= 0.6 is 0 Å². The molecule has 4 nitrogen and oxygen atoms in total. The fourth-order valence-electron chi connectivity index (χ4n) is 2.60. The first-order valence-corrected chi connectivity index (χ1v) is 8.01. The van der Waals surface area contributed by atoms with Crippen LogP contribution in [0.25, 0.3) is 0 Å². The quantitative estimate of drug-likeness (QED) is 0.874. The molecule has 0 amide bonds. The highest BCUT2D eigenvalue weighted by Gasteiger charge is 2.23. The Labute approximate surface area is 128 Å². The molecule has 1 N–H and O–H groups in total. The molecule has 1 aliphatic rings. The van der Waals surface area contributed by atoms with E-state index in [0.29, 0.717) is 18.1 Å². The predicted octanol–water partition coefficient (Wildman–Crippen LogP) is 2.93. The lowest BCUT2D eigenvalue weighted by atomic mass is 10.1. The molecule has 1 atom stereocenters. The smallest absolute Gasteiger partial charge is 0.129 e. The third kappa shape index (κ3) is 4.42. The van der Waals surface area contributed by atoms with Crippen molar-refractivity contribution in [1.82, 2.24) is 10.3 Å². The molecule has 2 rings (SSSR count). The minimum absolute atomic E-state index is 0.340. The van der Waals surface area contributed by atoms with E-state index in [9.17, 15) is 0 Å². The third-order valence-electron chi connectivity index (χ3n) is 4.00. The van der Waals surface area contributed by atoms with Crippen LogP contribution in [0, 0.1) is 0 Å². The van der Waals surface area contributed by atoms with Crippen molar-refractivity contribution in [2.45, 2.75) is 58.7 Å². The molecule has 0 bridgehead atoms. The summed E-state index contributed by atoms with van der Waals surface area (Å²) in [5.74, 6) is 1.55. The fraction of sp³-hybridized carbons (Fsp3) is 0.706. The van der Waals surface area contributed by atoms with Gasteiger partial charge < -0.3 is 15.0 Å². The molecule has 4 heteroatoms. The van der Waals surface area contributed by atoms with E-state index >= 15 is 0 Å². The minimum atomic E-state index is 0.340. The van der Waals surface area contributed by atoms with E-state index in [-0.39, 0.29) is 0 Å². The van der Waals surface area contributed by atoms with Gasteiger partial charge in [0.15, 0.2) is 0 Å². The van der Waals surface area contributed by atoms with Crippen LogP contribution in [0.4, 0.5) is 5.82 Å². The number of ether oxygens (including phenoxy) is 1. The number of rotatable bonds is 6. The minimum Gasteiger partial charge on any atom is -0.380 e. The Hall–Kier alpha value is -1.13. The van der Waals surface area contributed by atoms with Crippen LogP contribution in [0.1, 0.15) is 51.3 Å². The number of methoxy groups -OCH3 is 1. The van der Waals surface area contributed by atoms with Gasteiger partial charge in [-0.05, 0) is 30.0 Å². The number of aromatic nitrogens is 1. The number of nitrogens with one attached hydrogen (secondary N) is 1. The van der Waals surface area contributed by atoms with Crippen molar-refractivity contribution in [3.05, 3.63) is 23.4 Å². The van der Waals surface area contributed by atoms with Gasteiger partial charge in [-0.1, -0.05) is 27.7 Å². The average Bonchev–Trinajstić information content (AvgIpc) is 2.93. The molecular formula is C17H29N3O. The standard InChI is InChI=1S/C17H29N3O/c1-12(2)16-8-14(10-18-13(3)4)9-17(19-16)20-7-6-15(11-20)21-5/h8-9,12-13,15,18H,6-7,10-11H2,1-5H3. The number of hydrogen-bond acceptors (Lipinski definition) is 4. The molecule has 0 aromatic carbocycles. The van der Waals surface area contributed by atoms with Crippen LogP contribution in [-0.4, -0.2) is 37.3 Å². The van der Waals surface area contributed by atoms with Crippen LogP contribution in [-0.2, 0) is 11.3 Å². The van der Waals surface area contributed by atoms with Crippen LogP contribution in [0.3, 0.4) is 0 Å². The summed E-state index contributed by atoms with van der Waals surface area (Å²) in [5, 5.41) is 3.49. The SMILES string of the molecule is COC1CCN(c2cc(CNC(C)C)cc(C(C)C)n2)C1. The second-order valence-corrected chi connectivity index (χ2v) is 6.54. The summed E-state index contributed by atoms with van der Waals surface area (Å²) < 4.78 is 5.47. The Morgan fingerprint density at radius 1 is 1.33 bits per heavy atom. The summed E-state index contributed by atoms with van der Waals surface area (Å²) in [6.07, 6.45) is 1.43. The van der Waals surface area contributed by atoms with E-state index in [1.807, 2.05) is 0 Å². The van der Waals surface area contributed by atoms with Crippen LogP contribution in [0.2, 0.25) is 0 Å². The van der Waals surface area contributed by atoms with Crippen molar-refractivity contribution in [1.29, 1.82) is 0 Å². The predicted molar refractivity (Wildman–Crippen MR) is 87.9 cm³/mol. The van der Waals surface area contributed by atoms with Crippen molar-refractivity contribution >= 4 is 5.82 Å². The van der Waals surface area contributed by atoms with Crippen molar-refractivity contribution in [3.8, 4) is 0 Å². The Morgan fingerprint density at radius 2 is 2.10 bits per heavy atom. The highest BCUT2D eigenvalue weighted by atomic mass is 16.5. The molecule has 1 aliphatic heterocycles. The Kier molecular flexibility index (Phi) is 5.59. The molecule has 0 saturated carbocycles. The molecule has 1 unspecified atom stereocenters. The molecule has 1 aromatic heterocycles. The summed E-state index contributed by atoms with van der Waals surface area (Å²) in [4.78, 5) is 7.20. The second-order valence-electron chi connectivity index (χ2n) is 6.54. The molecule has 1 fully saturated rings. The van der Waals surface area contributed by atoms with E-state index in [0.717, 1.165) is 31.9 Å². The molecule has 118 valence electrons. The lowest BCUT2D eigenvalue weighted by molar-refractivity contribution is 0.121. The maximum atomic E-state index is 5.47. The fourth-order valence-corrected chi connectivity index (χ4v) is 2.60. The van der Waals surface area contributed by atoms with Crippen LogP contribution < -0.4 is 10.2 Å². The molecule has 1 aromatic rings. The van der Waals surface area contributed by atoms with Gasteiger partial charge in [-0.15, -0.1) is 0 Å². The molecule has 2 heterocycles. The van der Waals surface area contributed by atoms with Crippen LogP contribution in [0.5, 0.6) is 0 Å². The summed E-state index contributed by atoms with van der Waals surface area (Å²) in [5.41, 5.74) is 2.49. The summed E-state index contributed by atoms with van der Waals surface area (Å²) >= 11 is 0. The van der Waals surface area contributed by atoms with Gasteiger partial charge in [0.25, 0.3) is 0 Å². The summed E-state index contributed by atoms with van der Waals surface area (Å²) in [6, 6.07) is 4.95. The summed E-state index contributed by atoms with van der Waals surface area (Å²) in [7, 11) is 1.80. The highest BCUT2D eigenvalue weighted by Crippen LogP contribution is 2.24. The number of nitrogens with zero attached hydrogens (tertiary/aromatic N) is 2. The zero-order valence-electron chi connectivity index (χ0n) is 14.0. The molecule has 0 spiro atoms. The second kappa shape index (κ2) is 7.23. The number of anilines is 1. The molecule has 0 aliphatic carbocycles. The van der Waals surface area contributed by atoms with E-state index in [2.05, 4.69) is 50.0 Å². The van der Waals surface area contributed by atoms with Gasteiger partial charge in [-0.25, -0.2) is 4.98 Å². The molecule has 0 radical (unpaired) electrons. The van der Waals surface area contributed by atoms with Gasteiger partial charge in [0.1, 0.15) is 5.82 Å². The van der Waals surface area contributed by atoms with E-state index in [1.165, 1.54) is 11.3 Å². The van der Waals surface area contributed by atoms with Gasteiger partial charge in [0.05, 0.1) is 6.10 Å². The first-order chi connectivity index (χ1) is 9.99. The zero-order chi connectivity index (χ0) is 15.4. The molecule has 1 saturated heterocycles. The van der Waals surface area contributed by atoms with Gasteiger partial charge in [0.2, 0.25) is 0 Å². The van der Waals surface area contributed by atoms with E-state index < -0.39 is 0 Å². The van der Waals surface area contributed by atoms with Crippen molar-refractivity contribution in [2.75, 3.05) is 25.1 Å². The monoisotopic (exact) mass is 291 g/mol. The first-order valence-electron chi connectivity index (χ1n) is 8.01. The van der Waals surface area contributed by atoms with E-state index in [4.69, 9.17) is 9.72 Å². The highest BCUT2D eigenvalue weighted by molar-refractivity contribution is 5.44. The topological polar surface area (TPSA) is 37.4 Å². The molecule has 21 heavy (non-hydrogen) atoms. The summed E-state index contributed by atoms with van der Waals surface area (Å²) in [6.45, 7) is 11.6. The largest absolute Gasteiger partial charge is 0.380 e.